The molecule has 1 saturated carbocycles. The van der Waals surface area contributed by atoms with Crippen LogP contribution in [0, 0.1) is 5.92 Å². The molecule has 1 aliphatic carbocycles. The summed E-state index contributed by atoms with van der Waals surface area (Å²) in [4.78, 5) is 12.2. The van der Waals surface area contributed by atoms with E-state index in [2.05, 4.69) is 12.2 Å². The van der Waals surface area contributed by atoms with Crippen LogP contribution in [0.5, 0.6) is 0 Å². The molecule has 0 aliphatic heterocycles. The zero-order valence-corrected chi connectivity index (χ0v) is 14.6. The monoisotopic (exact) mass is 345 g/mol. The number of hydrogen-bond donors (Lipinski definition) is 1. The molecule has 0 unspecified atom stereocenters. The third-order valence-electron chi connectivity index (χ3n) is 4.07. The van der Waals surface area contributed by atoms with Gasteiger partial charge >= 0.3 is 0 Å². The largest absolute Gasteiger partial charge is 0.368 e. The summed E-state index contributed by atoms with van der Waals surface area (Å²) < 4.78 is 29.0. The number of ether oxygens (including phenoxy) is 1. The molecule has 1 heterocycles. The Morgan fingerprint density at radius 1 is 1.41 bits per heavy atom. The van der Waals surface area contributed by atoms with E-state index in [-0.39, 0.29) is 23.5 Å². The van der Waals surface area contributed by atoms with Gasteiger partial charge in [0.15, 0.2) is 9.84 Å². The highest BCUT2D eigenvalue weighted by Gasteiger charge is 2.25. The Morgan fingerprint density at radius 2 is 2.14 bits per heavy atom. The Morgan fingerprint density at radius 3 is 2.82 bits per heavy atom. The van der Waals surface area contributed by atoms with Gasteiger partial charge in [0.05, 0.1) is 6.10 Å². The predicted molar refractivity (Wildman–Crippen MR) is 88.0 cm³/mol. The van der Waals surface area contributed by atoms with Crippen molar-refractivity contribution < 1.29 is 17.9 Å². The minimum atomic E-state index is -3.33. The molecule has 2 rings (SSSR count). The molecule has 0 radical (unpaired) electrons. The third-order valence-corrected chi connectivity index (χ3v) is 6.17. The number of nitrogens with one attached hydrogen (secondary N) is 1. The molecule has 1 N–H and O–H groups in total. The lowest BCUT2D eigenvalue weighted by molar-refractivity contribution is -0.124. The fourth-order valence-electron chi connectivity index (χ4n) is 2.89. The molecule has 1 fully saturated rings. The summed E-state index contributed by atoms with van der Waals surface area (Å²) >= 11 is 1.20. The molecular formula is C15H23NO4S2. The van der Waals surface area contributed by atoms with Crippen LogP contribution in [0.2, 0.25) is 0 Å². The number of thiophene rings is 1. The molecule has 1 aromatic heterocycles. The van der Waals surface area contributed by atoms with Gasteiger partial charge in [-0.3, -0.25) is 4.79 Å². The van der Waals surface area contributed by atoms with Crippen molar-refractivity contribution >= 4 is 32.1 Å². The molecule has 1 aromatic rings. The summed E-state index contributed by atoms with van der Waals surface area (Å²) in [6.45, 7) is 2.12. The lowest BCUT2D eigenvalue weighted by Crippen LogP contribution is -2.31. The first-order chi connectivity index (χ1) is 10.4. The number of hydrogen-bond acceptors (Lipinski definition) is 5. The molecule has 0 bridgehead atoms. The van der Waals surface area contributed by atoms with Crippen molar-refractivity contribution in [3.05, 3.63) is 11.4 Å². The molecule has 0 aromatic carbocycles. The van der Waals surface area contributed by atoms with Gasteiger partial charge in [0, 0.05) is 6.26 Å². The Balaban J connectivity index is 1.90. The minimum Gasteiger partial charge on any atom is -0.368 e. The number of sulfone groups is 1. The average molecular weight is 345 g/mol. The molecule has 1 aliphatic rings. The lowest BCUT2D eigenvalue weighted by Gasteiger charge is -2.30. The number of carbonyl (C=O) groups excluding carboxylic acids is 1. The van der Waals surface area contributed by atoms with Crippen LogP contribution in [-0.4, -0.2) is 33.3 Å². The van der Waals surface area contributed by atoms with E-state index in [1.807, 2.05) is 0 Å². The van der Waals surface area contributed by atoms with Crippen LogP contribution in [0.4, 0.5) is 5.00 Å². The summed E-state index contributed by atoms with van der Waals surface area (Å²) in [7, 11) is -3.33. The zero-order chi connectivity index (χ0) is 16.2. The molecular weight excluding hydrogens is 322 g/mol. The van der Waals surface area contributed by atoms with Crippen molar-refractivity contribution in [1.29, 1.82) is 0 Å². The first-order valence-corrected chi connectivity index (χ1v) is 10.4. The molecule has 1 amide bonds. The second-order valence-electron chi connectivity index (χ2n) is 5.74. The number of carbonyl (C=O) groups is 1. The fraction of sp³-hybridized carbons (Fsp3) is 0.667. The molecule has 5 nitrogen and oxygen atoms in total. The number of rotatable bonds is 6. The second kappa shape index (κ2) is 7.57. The van der Waals surface area contributed by atoms with E-state index in [0.717, 1.165) is 31.9 Å². The Hall–Kier alpha value is -0.920. The van der Waals surface area contributed by atoms with Crippen LogP contribution in [0.15, 0.2) is 16.3 Å². The van der Waals surface area contributed by atoms with Gasteiger partial charge in [-0.25, -0.2) is 8.42 Å². The third kappa shape index (κ3) is 4.54. The topological polar surface area (TPSA) is 72.5 Å². The number of anilines is 1. The summed E-state index contributed by atoms with van der Waals surface area (Å²) in [6, 6.07) is 1.50. The van der Waals surface area contributed by atoms with Gasteiger partial charge in [0.1, 0.15) is 16.5 Å². The maximum Gasteiger partial charge on any atom is 0.251 e. The minimum absolute atomic E-state index is 0.0255. The average Bonchev–Trinajstić information content (AvgIpc) is 2.93. The second-order valence-corrected chi connectivity index (χ2v) is 8.64. The van der Waals surface area contributed by atoms with Crippen LogP contribution in [0.3, 0.4) is 0 Å². The molecule has 0 saturated heterocycles. The van der Waals surface area contributed by atoms with E-state index in [9.17, 15) is 13.2 Å². The quantitative estimate of drug-likeness (QED) is 0.860. The zero-order valence-electron chi connectivity index (χ0n) is 13.0. The van der Waals surface area contributed by atoms with E-state index in [4.69, 9.17) is 4.74 Å². The van der Waals surface area contributed by atoms with Crippen molar-refractivity contribution in [3.63, 3.8) is 0 Å². The predicted octanol–water partition coefficient (Wildman–Crippen LogP) is 3.08. The highest BCUT2D eigenvalue weighted by atomic mass is 32.2. The van der Waals surface area contributed by atoms with Gasteiger partial charge < -0.3 is 10.1 Å². The Labute approximate surface area is 136 Å². The first-order valence-electron chi connectivity index (χ1n) is 7.60. The van der Waals surface area contributed by atoms with Gasteiger partial charge in [-0.2, -0.15) is 0 Å². The maximum atomic E-state index is 12.0. The van der Waals surface area contributed by atoms with Crippen molar-refractivity contribution in [2.24, 2.45) is 5.92 Å². The highest BCUT2D eigenvalue weighted by Crippen LogP contribution is 2.30. The van der Waals surface area contributed by atoms with Crippen LogP contribution in [0.25, 0.3) is 0 Å². The van der Waals surface area contributed by atoms with Crippen molar-refractivity contribution in [3.8, 4) is 0 Å². The van der Waals surface area contributed by atoms with Gasteiger partial charge in [-0.15, -0.1) is 11.3 Å². The molecule has 22 heavy (non-hydrogen) atoms. The van der Waals surface area contributed by atoms with Gasteiger partial charge in [0.25, 0.3) is 5.91 Å². The Bertz CT molecular complexity index is 609. The van der Waals surface area contributed by atoms with Gasteiger partial charge in [-0.05, 0) is 30.2 Å². The van der Waals surface area contributed by atoms with E-state index in [1.165, 1.54) is 23.8 Å². The van der Waals surface area contributed by atoms with E-state index in [1.54, 1.807) is 5.38 Å². The number of amides is 1. The van der Waals surface area contributed by atoms with E-state index in [0.29, 0.717) is 10.9 Å². The van der Waals surface area contributed by atoms with Crippen LogP contribution in [0.1, 0.15) is 39.0 Å². The maximum absolute atomic E-state index is 12.0. The molecule has 124 valence electrons. The Kier molecular flexibility index (Phi) is 6.00. The van der Waals surface area contributed by atoms with Crippen molar-refractivity contribution in [2.75, 3.05) is 18.2 Å². The highest BCUT2D eigenvalue weighted by molar-refractivity contribution is 7.91. The van der Waals surface area contributed by atoms with E-state index < -0.39 is 9.84 Å². The summed E-state index contributed by atoms with van der Waals surface area (Å²) in [5, 5.41) is 4.67. The smallest absolute Gasteiger partial charge is 0.251 e. The van der Waals surface area contributed by atoms with Crippen LogP contribution >= 0.6 is 11.3 Å². The van der Waals surface area contributed by atoms with Crippen LogP contribution in [-0.2, 0) is 19.4 Å². The summed E-state index contributed by atoms with van der Waals surface area (Å²) in [5.41, 5.74) is 0. The fourth-order valence-corrected chi connectivity index (χ4v) is 4.97. The lowest BCUT2D eigenvalue weighted by atomic mass is 9.85. The standard InChI is InChI=1S/C15H23NO4S2/c1-3-11-6-4-5-7-12(11)20-10-14(17)16-15-13(8-9-21-15)22(2,18)19/h8-9,11-12H,3-7,10H2,1-2H3,(H,16,17)/t11-,12+/m1/s1. The summed E-state index contributed by atoms with van der Waals surface area (Å²) in [5.74, 6) is 0.225. The first kappa shape index (κ1) is 17.4. The van der Waals surface area contributed by atoms with E-state index >= 15 is 0 Å². The normalized spacial score (nSPS) is 22.5. The SMILES string of the molecule is CC[C@@H]1CCCC[C@@H]1OCC(=O)Nc1sccc1S(C)(=O)=O. The van der Waals surface area contributed by atoms with Gasteiger partial charge in [-0.1, -0.05) is 26.2 Å². The molecule has 0 spiro atoms. The summed E-state index contributed by atoms with van der Waals surface area (Å²) in [6.07, 6.45) is 6.88. The van der Waals surface area contributed by atoms with Gasteiger partial charge in [0.2, 0.25) is 0 Å². The van der Waals surface area contributed by atoms with Crippen LogP contribution < -0.4 is 5.32 Å². The molecule has 2 atom stereocenters. The van der Waals surface area contributed by atoms with Crippen molar-refractivity contribution in [1.82, 2.24) is 0 Å². The van der Waals surface area contributed by atoms with Crippen molar-refractivity contribution in [2.45, 2.75) is 50.0 Å². The molecule has 7 heteroatoms.